The second-order valence-corrected chi connectivity index (χ2v) is 6.04. The first kappa shape index (κ1) is 16.6. The number of carbonyl (C=O) groups is 1. The number of aromatic hydroxyl groups is 1. The number of para-hydroxylation sites is 2. The van der Waals surface area contributed by atoms with Gasteiger partial charge < -0.3 is 15.2 Å². The van der Waals surface area contributed by atoms with Crippen molar-refractivity contribution in [3.05, 3.63) is 95.6 Å². The highest BCUT2D eigenvalue weighted by Gasteiger charge is 2.19. The Morgan fingerprint density at radius 2 is 1.52 bits per heavy atom. The molecule has 1 heterocycles. The number of aromatic carboxylic acids is 1. The van der Waals surface area contributed by atoms with Gasteiger partial charge in [-0.25, -0.2) is 9.79 Å². The lowest BCUT2D eigenvalue weighted by Gasteiger charge is -2.09. The molecule has 0 saturated heterocycles. The van der Waals surface area contributed by atoms with Crippen molar-refractivity contribution in [2.24, 2.45) is 4.99 Å². The van der Waals surface area contributed by atoms with Gasteiger partial charge in [0, 0.05) is 16.5 Å². The van der Waals surface area contributed by atoms with Gasteiger partial charge in [0.25, 0.3) is 0 Å². The lowest BCUT2D eigenvalue weighted by Crippen LogP contribution is -2.04. The van der Waals surface area contributed by atoms with E-state index >= 15 is 0 Å². The minimum atomic E-state index is -1.05. The number of nitrogens with one attached hydrogen (secondary N) is 1. The van der Waals surface area contributed by atoms with E-state index in [0.29, 0.717) is 17.0 Å². The number of aliphatic imine (C=N–C) groups is 1. The van der Waals surface area contributed by atoms with Gasteiger partial charge in [-0.05, 0) is 18.2 Å². The smallest absolute Gasteiger partial charge is 0.337 e. The van der Waals surface area contributed by atoms with E-state index in [9.17, 15) is 15.0 Å². The Morgan fingerprint density at radius 3 is 2.30 bits per heavy atom. The van der Waals surface area contributed by atoms with Crippen LogP contribution in [0.4, 0.5) is 5.69 Å². The van der Waals surface area contributed by atoms with Crippen molar-refractivity contribution < 1.29 is 15.0 Å². The largest absolute Gasteiger partial charge is 0.494 e. The summed E-state index contributed by atoms with van der Waals surface area (Å²) in [6.45, 7) is 0. The van der Waals surface area contributed by atoms with Crippen molar-refractivity contribution in [2.45, 2.75) is 0 Å². The topological polar surface area (TPSA) is 85.7 Å². The molecule has 4 rings (SSSR count). The third-order valence-electron chi connectivity index (χ3n) is 4.34. The first-order valence-electron chi connectivity index (χ1n) is 8.41. The predicted molar refractivity (Wildman–Crippen MR) is 105 cm³/mol. The highest BCUT2D eigenvalue weighted by molar-refractivity contribution is 6.22. The van der Waals surface area contributed by atoms with Crippen molar-refractivity contribution in [1.29, 1.82) is 0 Å². The predicted octanol–water partition coefficient (Wildman–Crippen LogP) is 4.74. The Morgan fingerprint density at radius 1 is 0.852 bits per heavy atom. The summed E-state index contributed by atoms with van der Waals surface area (Å²) in [5.41, 5.74) is 3.02. The summed E-state index contributed by atoms with van der Waals surface area (Å²) in [5, 5.41) is 20.9. The highest BCUT2D eigenvalue weighted by Crippen LogP contribution is 2.32. The number of carboxylic acid groups (broad SMARTS) is 1. The van der Waals surface area contributed by atoms with Gasteiger partial charge in [0.1, 0.15) is 0 Å². The quantitative estimate of drug-likeness (QED) is 0.462. The second-order valence-electron chi connectivity index (χ2n) is 6.04. The van der Waals surface area contributed by atoms with E-state index in [1.54, 1.807) is 18.2 Å². The normalized spacial score (nSPS) is 11.6. The van der Waals surface area contributed by atoms with Crippen LogP contribution in [0, 0.1) is 0 Å². The molecular formula is C22H16N2O3. The molecule has 1 aromatic heterocycles. The zero-order valence-corrected chi connectivity index (χ0v) is 14.3. The van der Waals surface area contributed by atoms with Gasteiger partial charge in [0.2, 0.25) is 0 Å². The summed E-state index contributed by atoms with van der Waals surface area (Å²) in [6, 6.07) is 23.5. The molecule has 0 aliphatic carbocycles. The van der Waals surface area contributed by atoms with Crippen LogP contribution in [0.3, 0.4) is 0 Å². The third-order valence-corrected chi connectivity index (χ3v) is 4.34. The van der Waals surface area contributed by atoms with Crippen LogP contribution in [0.15, 0.2) is 83.9 Å². The average Bonchev–Trinajstić information content (AvgIpc) is 3.02. The molecule has 0 aliphatic heterocycles. The molecule has 132 valence electrons. The molecule has 0 atom stereocenters. The molecule has 5 heteroatoms. The Balaban J connectivity index is 2.02. The summed E-state index contributed by atoms with van der Waals surface area (Å²) in [7, 11) is 0. The van der Waals surface area contributed by atoms with Crippen LogP contribution in [0.5, 0.6) is 5.88 Å². The molecule has 0 bridgehead atoms. The van der Waals surface area contributed by atoms with E-state index in [4.69, 9.17) is 0 Å². The van der Waals surface area contributed by atoms with Crippen LogP contribution in [-0.4, -0.2) is 26.9 Å². The van der Waals surface area contributed by atoms with Crippen molar-refractivity contribution >= 4 is 28.3 Å². The summed E-state index contributed by atoms with van der Waals surface area (Å²) in [4.78, 5) is 19.2. The van der Waals surface area contributed by atoms with Crippen LogP contribution < -0.4 is 0 Å². The van der Waals surface area contributed by atoms with Crippen molar-refractivity contribution in [2.75, 3.05) is 0 Å². The van der Waals surface area contributed by atoms with Crippen molar-refractivity contribution in [3.8, 4) is 5.88 Å². The van der Waals surface area contributed by atoms with Crippen molar-refractivity contribution in [1.82, 2.24) is 4.98 Å². The maximum atomic E-state index is 11.6. The van der Waals surface area contributed by atoms with E-state index in [1.165, 1.54) is 6.07 Å². The Kier molecular flexibility index (Phi) is 4.18. The fourth-order valence-electron chi connectivity index (χ4n) is 3.10. The SMILES string of the molecule is O=C(O)c1ccccc1N=C(c1ccccc1)c1c(O)[nH]c2ccccc12. The number of H-pyrrole nitrogens is 1. The number of fused-ring (bicyclic) bond motifs is 1. The number of benzene rings is 3. The highest BCUT2D eigenvalue weighted by atomic mass is 16.4. The maximum absolute atomic E-state index is 11.6. The average molecular weight is 356 g/mol. The Hall–Kier alpha value is -3.86. The zero-order valence-electron chi connectivity index (χ0n) is 14.3. The third kappa shape index (κ3) is 3.06. The molecule has 5 nitrogen and oxygen atoms in total. The molecule has 0 saturated carbocycles. The number of hydrogen-bond donors (Lipinski definition) is 3. The summed E-state index contributed by atoms with van der Waals surface area (Å²) in [5.74, 6) is -1.06. The Labute approximate surface area is 155 Å². The molecule has 3 aromatic carbocycles. The molecule has 0 radical (unpaired) electrons. The van der Waals surface area contributed by atoms with Crippen LogP contribution in [-0.2, 0) is 0 Å². The number of rotatable bonds is 4. The molecule has 0 fully saturated rings. The first-order valence-corrected chi connectivity index (χ1v) is 8.41. The number of nitrogens with zero attached hydrogens (tertiary/aromatic N) is 1. The van der Waals surface area contributed by atoms with Gasteiger partial charge in [-0.2, -0.15) is 0 Å². The lowest BCUT2D eigenvalue weighted by molar-refractivity contribution is 0.0698. The summed E-state index contributed by atoms with van der Waals surface area (Å²) in [6.07, 6.45) is 0. The van der Waals surface area contributed by atoms with Crippen LogP contribution in [0.25, 0.3) is 10.9 Å². The minimum absolute atomic E-state index is 0.00777. The van der Waals surface area contributed by atoms with Gasteiger partial charge in [0.05, 0.1) is 22.5 Å². The standard InChI is InChI=1S/C22H16N2O3/c25-21-19(15-10-4-6-12-17(15)24-21)20(14-8-2-1-3-9-14)23-18-13-7-5-11-16(18)22(26)27/h1-13,24-25H,(H,26,27). The molecule has 0 unspecified atom stereocenters. The summed E-state index contributed by atoms with van der Waals surface area (Å²) < 4.78 is 0. The fraction of sp³-hybridized carbons (Fsp3) is 0. The van der Waals surface area contributed by atoms with Gasteiger partial charge >= 0.3 is 5.97 Å². The van der Waals surface area contributed by atoms with E-state index in [2.05, 4.69) is 9.98 Å². The van der Waals surface area contributed by atoms with E-state index in [0.717, 1.165) is 16.5 Å². The van der Waals surface area contributed by atoms with Gasteiger partial charge in [0.15, 0.2) is 5.88 Å². The van der Waals surface area contributed by atoms with Gasteiger partial charge in [-0.3, -0.25) is 0 Å². The van der Waals surface area contributed by atoms with Crippen molar-refractivity contribution in [3.63, 3.8) is 0 Å². The van der Waals surface area contributed by atoms with Crippen LogP contribution >= 0.6 is 0 Å². The molecular weight excluding hydrogens is 340 g/mol. The second kappa shape index (κ2) is 6.80. The van der Waals surface area contributed by atoms with Gasteiger partial charge in [-0.15, -0.1) is 0 Å². The fourth-order valence-corrected chi connectivity index (χ4v) is 3.10. The molecule has 0 aliphatic rings. The molecule has 4 aromatic rings. The first-order chi connectivity index (χ1) is 13.1. The number of hydrogen-bond acceptors (Lipinski definition) is 3. The zero-order chi connectivity index (χ0) is 18.8. The summed E-state index contributed by atoms with van der Waals surface area (Å²) >= 11 is 0. The maximum Gasteiger partial charge on any atom is 0.337 e. The molecule has 0 spiro atoms. The molecule has 27 heavy (non-hydrogen) atoms. The monoisotopic (exact) mass is 356 g/mol. The molecule has 3 N–H and O–H groups in total. The van der Waals surface area contributed by atoms with Crippen LogP contribution in [0.1, 0.15) is 21.5 Å². The van der Waals surface area contributed by atoms with Gasteiger partial charge in [-0.1, -0.05) is 60.7 Å². The number of carboxylic acids is 1. The van der Waals surface area contributed by atoms with Crippen LogP contribution in [0.2, 0.25) is 0 Å². The van der Waals surface area contributed by atoms with E-state index in [1.807, 2.05) is 54.6 Å². The number of aromatic nitrogens is 1. The van der Waals surface area contributed by atoms with E-state index < -0.39 is 5.97 Å². The van der Waals surface area contributed by atoms with E-state index in [-0.39, 0.29) is 11.4 Å². The minimum Gasteiger partial charge on any atom is -0.494 e. The lowest BCUT2D eigenvalue weighted by atomic mass is 10.0. The Bertz CT molecular complexity index is 1160. The number of aromatic amines is 1. The molecule has 0 amide bonds.